The standard InChI is InChI=1S/C26H28O9/c1-14(2)24(29)34-18-8-10-23(21(11-18)26(31)33-15(3)4)32-13-16(5)25(30)35-19-7-9-20(17(6)27)22(28)12-19/h7-13,15,17,27-28H,1H2,2-6H3/b16-13+. The molecule has 0 aromatic heterocycles. The lowest BCUT2D eigenvalue weighted by Crippen LogP contribution is -2.14. The number of ether oxygens (including phenoxy) is 4. The van der Waals surface area contributed by atoms with E-state index in [4.69, 9.17) is 18.9 Å². The Bertz CT molecular complexity index is 1160. The number of carbonyl (C=O) groups is 3. The molecule has 2 N–H and O–H groups in total. The van der Waals surface area contributed by atoms with Crippen LogP contribution in [0.4, 0.5) is 0 Å². The monoisotopic (exact) mass is 484 g/mol. The highest BCUT2D eigenvalue weighted by Gasteiger charge is 2.19. The SMILES string of the molecule is C=C(C)C(=O)Oc1ccc(O/C=C(\C)C(=O)Oc2ccc(C(C)O)c(O)c2)c(C(=O)OC(C)C)c1. The molecule has 0 bridgehead atoms. The van der Waals surface area contributed by atoms with Crippen LogP contribution in [-0.2, 0) is 14.3 Å². The molecule has 0 saturated carbocycles. The van der Waals surface area contributed by atoms with Crippen LogP contribution in [0.3, 0.4) is 0 Å². The van der Waals surface area contributed by atoms with Crippen LogP contribution in [0.2, 0.25) is 0 Å². The normalized spacial score (nSPS) is 12.0. The second-order valence-corrected chi connectivity index (χ2v) is 7.99. The molecular formula is C26H28O9. The molecule has 2 rings (SSSR count). The Morgan fingerprint density at radius 1 is 0.943 bits per heavy atom. The number of aromatic hydroxyl groups is 1. The van der Waals surface area contributed by atoms with Crippen molar-refractivity contribution in [2.24, 2.45) is 0 Å². The Morgan fingerprint density at radius 3 is 2.11 bits per heavy atom. The van der Waals surface area contributed by atoms with E-state index < -0.39 is 30.1 Å². The minimum Gasteiger partial charge on any atom is -0.507 e. The van der Waals surface area contributed by atoms with Gasteiger partial charge in [0.05, 0.1) is 17.8 Å². The summed E-state index contributed by atoms with van der Waals surface area (Å²) in [7, 11) is 0. The number of esters is 3. The molecule has 0 aliphatic rings. The maximum absolute atomic E-state index is 12.6. The van der Waals surface area contributed by atoms with Gasteiger partial charge in [-0.2, -0.15) is 0 Å². The van der Waals surface area contributed by atoms with Gasteiger partial charge in [-0.05, 0) is 65.0 Å². The van der Waals surface area contributed by atoms with Crippen molar-refractivity contribution in [2.45, 2.75) is 46.8 Å². The number of aliphatic hydroxyl groups excluding tert-OH is 1. The van der Waals surface area contributed by atoms with Crippen LogP contribution in [0.1, 0.15) is 56.6 Å². The number of phenols is 1. The number of carbonyl (C=O) groups excluding carboxylic acids is 3. The highest BCUT2D eigenvalue weighted by atomic mass is 16.6. The van der Waals surface area contributed by atoms with E-state index in [9.17, 15) is 24.6 Å². The van der Waals surface area contributed by atoms with Crippen LogP contribution < -0.4 is 14.2 Å². The zero-order valence-corrected chi connectivity index (χ0v) is 20.2. The molecule has 0 radical (unpaired) electrons. The number of aliphatic hydroxyl groups is 1. The van der Waals surface area contributed by atoms with Crippen molar-refractivity contribution in [3.8, 4) is 23.0 Å². The Labute approximate surface area is 203 Å². The Kier molecular flexibility index (Phi) is 9.18. The summed E-state index contributed by atoms with van der Waals surface area (Å²) < 4.78 is 21.1. The van der Waals surface area contributed by atoms with Crippen molar-refractivity contribution in [1.29, 1.82) is 0 Å². The molecule has 0 fully saturated rings. The highest BCUT2D eigenvalue weighted by Crippen LogP contribution is 2.29. The molecule has 0 spiro atoms. The van der Waals surface area contributed by atoms with Gasteiger partial charge in [0.2, 0.25) is 0 Å². The molecule has 0 heterocycles. The van der Waals surface area contributed by atoms with Gasteiger partial charge >= 0.3 is 17.9 Å². The van der Waals surface area contributed by atoms with E-state index in [1.807, 2.05) is 0 Å². The summed E-state index contributed by atoms with van der Waals surface area (Å²) in [5, 5.41) is 19.5. The predicted molar refractivity (Wildman–Crippen MR) is 126 cm³/mol. The first-order valence-electron chi connectivity index (χ1n) is 10.7. The lowest BCUT2D eigenvalue weighted by atomic mass is 10.1. The molecule has 186 valence electrons. The maximum atomic E-state index is 12.6. The van der Waals surface area contributed by atoms with Crippen molar-refractivity contribution < 1.29 is 43.5 Å². The molecule has 2 aromatic rings. The molecule has 0 aliphatic carbocycles. The summed E-state index contributed by atoms with van der Waals surface area (Å²) in [4.78, 5) is 36.8. The molecule has 9 heteroatoms. The van der Waals surface area contributed by atoms with Gasteiger partial charge < -0.3 is 29.2 Å². The van der Waals surface area contributed by atoms with E-state index in [1.165, 1.54) is 57.2 Å². The van der Waals surface area contributed by atoms with Crippen LogP contribution >= 0.6 is 0 Å². The van der Waals surface area contributed by atoms with Gasteiger partial charge in [-0.1, -0.05) is 6.58 Å². The second kappa shape index (κ2) is 11.8. The number of rotatable bonds is 9. The molecule has 35 heavy (non-hydrogen) atoms. The zero-order valence-electron chi connectivity index (χ0n) is 20.2. The van der Waals surface area contributed by atoms with Crippen LogP contribution in [-0.4, -0.2) is 34.2 Å². The van der Waals surface area contributed by atoms with Crippen molar-refractivity contribution >= 4 is 17.9 Å². The predicted octanol–water partition coefficient (Wildman–Crippen LogP) is 4.38. The summed E-state index contributed by atoms with van der Waals surface area (Å²) in [5.41, 5.74) is 0.493. The summed E-state index contributed by atoms with van der Waals surface area (Å²) in [6.07, 6.45) is -0.212. The van der Waals surface area contributed by atoms with Crippen molar-refractivity contribution in [2.75, 3.05) is 0 Å². The fourth-order valence-corrected chi connectivity index (χ4v) is 2.63. The third-order valence-electron chi connectivity index (χ3n) is 4.42. The Hall–Kier alpha value is -4.11. The Morgan fingerprint density at radius 2 is 1.54 bits per heavy atom. The summed E-state index contributed by atoms with van der Waals surface area (Å²) in [6, 6.07) is 8.16. The minimum atomic E-state index is -0.887. The maximum Gasteiger partial charge on any atom is 0.342 e. The first kappa shape index (κ1) is 27.1. The lowest BCUT2D eigenvalue weighted by Gasteiger charge is -2.13. The van der Waals surface area contributed by atoms with E-state index in [0.717, 1.165) is 6.26 Å². The van der Waals surface area contributed by atoms with E-state index in [0.29, 0.717) is 5.56 Å². The minimum absolute atomic E-state index is 0.0261. The van der Waals surface area contributed by atoms with Gasteiger partial charge in [0.25, 0.3) is 0 Å². The molecule has 9 nitrogen and oxygen atoms in total. The molecular weight excluding hydrogens is 456 g/mol. The van der Waals surface area contributed by atoms with Gasteiger partial charge in [-0.15, -0.1) is 0 Å². The Balaban J connectivity index is 2.23. The molecule has 0 saturated heterocycles. The average molecular weight is 485 g/mol. The second-order valence-electron chi connectivity index (χ2n) is 7.99. The van der Waals surface area contributed by atoms with Crippen molar-refractivity contribution in [3.05, 3.63) is 71.5 Å². The van der Waals surface area contributed by atoms with E-state index in [1.54, 1.807) is 13.8 Å². The summed E-state index contributed by atoms with van der Waals surface area (Å²) in [5.74, 6) is -2.16. The van der Waals surface area contributed by atoms with Crippen molar-refractivity contribution in [1.82, 2.24) is 0 Å². The third-order valence-corrected chi connectivity index (χ3v) is 4.42. The smallest absolute Gasteiger partial charge is 0.342 e. The van der Waals surface area contributed by atoms with Crippen LogP contribution in [0, 0.1) is 0 Å². The zero-order chi connectivity index (χ0) is 26.3. The fraction of sp³-hybridized carbons (Fsp3) is 0.269. The van der Waals surface area contributed by atoms with E-state index in [2.05, 4.69) is 6.58 Å². The van der Waals surface area contributed by atoms with Gasteiger partial charge in [0.15, 0.2) is 0 Å². The van der Waals surface area contributed by atoms with Crippen LogP contribution in [0.25, 0.3) is 0 Å². The lowest BCUT2D eigenvalue weighted by molar-refractivity contribution is -0.131. The quantitative estimate of drug-likeness (QED) is 0.231. The van der Waals surface area contributed by atoms with Gasteiger partial charge in [0, 0.05) is 17.2 Å². The number of hydrogen-bond acceptors (Lipinski definition) is 9. The van der Waals surface area contributed by atoms with Crippen LogP contribution in [0.5, 0.6) is 23.0 Å². The van der Waals surface area contributed by atoms with Crippen molar-refractivity contribution in [3.63, 3.8) is 0 Å². The van der Waals surface area contributed by atoms with E-state index in [-0.39, 0.29) is 39.7 Å². The fourth-order valence-electron chi connectivity index (χ4n) is 2.63. The van der Waals surface area contributed by atoms with Gasteiger partial charge in [-0.3, -0.25) is 0 Å². The van der Waals surface area contributed by atoms with Gasteiger partial charge in [0.1, 0.15) is 34.8 Å². The highest BCUT2D eigenvalue weighted by molar-refractivity contribution is 5.94. The molecule has 1 atom stereocenters. The number of phenolic OH excluding ortho intramolecular Hbond substituents is 1. The largest absolute Gasteiger partial charge is 0.507 e. The van der Waals surface area contributed by atoms with E-state index >= 15 is 0 Å². The van der Waals surface area contributed by atoms with Crippen LogP contribution in [0.15, 0.2) is 60.4 Å². The third kappa shape index (κ3) is 7.72. The number of benzene rings is 2. The molecule has 2 aromatic carbocycles. The van der Waals surface area contributed by atoms with Gasteiger partial charge in [-0.25, -0.2) is 14.4 Å². The first-order chi connectivity index (χ1) is 16.4. The summed E-state index contributed by atoms with van der Waals surface area (Å²) >= 11 is 0. The number of hydrogen-bond donors (Lipinski definition) is 2. The topological polar surface area (TPSA) is 129 Å². The first-order valence-corrected chi connectivity index (χ1v) is 10.7. The summed E-state index contributed by atoms with van der Waals surface area (Å²) in [6.45, 7) is 11.3. The molecule has 0 amide bonds. The molecule has 1 unspecified atom stereocenters. The molecule has 0 aliphatic heterocycles. The average Bonchev–Trinajstić information content (AvgIpc) is 2.77.